The molecular formula is C29H29N3O5. The van der Waals surface area contributed by atoms with Crippen LogP contribution in [0, 0.1) is 0 Å². The zero-order valence-corrected chi connectivity index (χ0v) is 20.8. The number of carbonyl (C=O) groups excluding carboxylic acids is 2. The average molecular weight is 500 g/mol. The lowest BCUT2D eigenvalue weighted by atomic mass is 9.95. The number of carbonyl (C=O) groups is 2. The van der Waals surface area contributed by atoms with E-state index >= 15 is 0 Å². The minimum absolute atomic E-state index is 0.289. The van der Waals surface area contributed by atoms with E-state index in [0.717, 1.165) is 32.9 Å². The van der Waals surface area contributed by atoms with Gasteiger partial charge in [-0.3, -0.25) is 14.5 Å². The first-order valence-corrected chi connectivity index (χ1v) is 12.6. The summed E-state index contributed by atoms with van der Waals surface area (Å²) in [5.41, 5.74) is 4.38. The minimum atomic E-state index is -0.289. The molecule has 2 aliphatic rings. The van der Waals surface area contributed by atoms with Gasteiger partial charge in [0.25, 0.3) is 11.8 Å². The second-order valence-electron chi connectivity index (χ2n) is 9.26. The van der Waals surface area contributed by atoms with Gasteiger partial charge < -0.3 is 23.3 Å². The van der Waals surface area contributed by atoms with Crippen molar-refractivity contribution < 1.29 is 23.8 Å². The van der Waals surface area contributed by atoms with Crippen molar-refractivity contribution in [3.05, 3.63) is 72.1 Å². The molecule has 6 rings (SSSR count). The van der Waals surface area contributed by atoms with Crippen LogP contribution in [0.25, 0.3) is 33.0 Å². The van der Waals surface area contributed by atoms with Gasteiger partial charge in [0.05, 0.1) is 50.8 Å². The molecule has 0 aliphatic carbocycles. The molecule has 0 fully saturated rings. The molecule has 0 spiro atoms. The summed E-state index contributed by atoms with van der Waals surface area (Å²) < 4.78 is 21.4. The number of amides is 2. The molecule has 190 valence electrons. The van der Waals surface area contributed by atoms with Crippen molar-refractivity contribution in [1.82, 2.24) is 14.0 Å². The fourth-order valence-electron chi connectivity index (χ4n) is 5.27. The Balaban J connectivity index is 1.57. The maximum Gasteiger partial charge on any atom is 0.261 e. The Hall–Kier alpha value is -3.72. The molecule has 4 aromatic rings. The van der Waals surface area contributed by atoms with Gasteiger partial charge >= 0.3 is 0 Å². The number of aromatic nitrogens is 2. The summed E-state index contributed by atoms with van der Waals surface area (Å²) in [7, 11) is 1.55. The molecule has 0 saturated carbocycles. The number of benzene rings is 2. The lowest BCUT2D eigenvalue weighted by molar-refractivity contribution is -0.134. The molecule has 0 unspecified atom stereocenters. The summed E-state index contributed by atoms with van der Waals surface area (Å²) in [5.74, 6) is -0.579. The fraction of sp³-hybridized carbons (Fsp3) is 0.310. The number of hydrogen-bond acceptors (Lipinski definition) is 5. The van der Waals surface area contributed by atoms with Crippen LogP contribution in [0.3, 0.4) is 0 Å². The highest BCUT2D eigenvalue weighted by Gasteiger charge is 2.39. The van der Waals surface area contributed by atoms with Crippen LogP contribution in [0.5, 0.6) is 0 Å². The second-order valence-corrected chi connectivity index (χ2v) is 9.26. The van der Waals surface area contributed by atoms with Gasteiger partial charge in [0, 0.05) is 65.5 Å². The first-order valence-electron chi connectivity index (χ1n) is 12.6. The summed E-state index contributed by atoms with van der Waals surface area (Å²) in [5, 5.41) is 1.86. The number of imide groups is 1. The van der Waals surface area contributed by atoms with Crippen LogP contribution >= 0.6 is 0 Å². The standard InChI is InChI=1S/C29H29N3O5/c1-30-28(33)26-22-18-31(24-8-4-2-6-20(22)24)10-12-35-14-16-37-17-15-36-13-11-32-19-23(27(26)29(30)34)21-7-3-5-9-25(21)32/h2-9,18-19H,10-17H2,1H3. The lowest BCUT2D eigenvalue weighted by Gasteiger charge is -2.09. The summed E-state index contributed by atoms with van der Waals surface area (Å²) in [6, 6.07) is 15.9. The predicted octanol–water partition coefficient (Wildman–Crippen LogP) is 3.57. The number of para-hydroxylation sites is 2. The SMILES string of the molecule is CN1C(=O)C2=C(C1=O)c1cn(c3ccccc13)CCOCCOCCOCCn1cc2c2ccccc21. The lowest BCUT2D eigenvalue weighted by Crippen LogP contribution is -2.26. The Labute approximate surface area is 214 Å². The quantitative estimate of drug-likeness (QED) is 0.346. The van der Waals surface area contributed by atoms with Crippen LogP contribution in [-0.2, 0) is 36.9 Å². The number of likely N-dealkylation sites (N-methyl/N-ethyl adjacent to an activating group) is 1. The van der Waals surface area contributed by atoms with Crippen LogP contribution in [0.15, 0.2) is 60.9 Å². The van der Waals surface area contributed by atoms with Crippen LogP contribution in [0.4, 0.5) is 0 Å². The average Bonchev–Trinajstić information content (AvgIpc) is 3.53. The van der Waals surface area contributed by atoms with Crippen molar-refractivity contribution >= 4 is 44.8 Å². The molecule has 37 heavy (non-hydrogen) atoms. The van der Waals surface area contributed by atoms with E-state index in [-0.39, 0.29) is 11.8 Å². The van der Waals surface area contributed by atoms with Gasteiger partial charge in [0.1, 0.15) is 0 Å². The third-order valence-electron chi connectivity index (χ3n) is 7.10. The van der Waals surface area contributed by atoms with Crippen molar-refractivity contribution in [2.45, 2.75) is 13.1 Å². The number of ether oxygens (including phenoxy) is 3. The zero-order valence-electron chi connectivity index (χ0n) is 20.8. The second kappa shape index (κ2) is 9.97. The van der Waals surface area contributed by atoms with Crippen molar-refractivity contribution in [3.63, 3.8) is 0 Å². The Morgan fingerprint density at radius 3 is 1.46 bits per heavy atom. The van der Waals surface area contributed by atoms with Gasteiger partial charge in [-0.15, -0.1) is 0 Å². The molecule has 8 nitrogen and oxygen atoms in total. The van der Waals surface area contributed by atoms with Gasteiger partial charge in [-0.05, 0) is 12.1 Å². The van der Waals surface area contributed by atoms with Crippen LogP contribution in [-0.4, -0.2) is 72.5 Å². The van der Waals surface area contributed by atoms with Crippen LogP contribution < -0.4 is 0 Å². The van der Waals surface area contributed by atoms with Crippen molar-refractivity contribution in [3.8, 4) is 0 Å². The summed E-state index contributed by atoms with van der Waals surface area (Å²) in [4.78, 5) is 28.4. The van der Waals surface area contributed by atoms with Gasteiger partial charge in [-0.1, -0.05) is 36.4 Å². The highest BCUT2D eigenvalue weighted by atomic mass is 16.5. The van der Waals surface area contributed by atoms with Gasteiger partial charge in [0.15, 0.2) is 0 Å². The minimum Gasteiger partial charge on any atom is -0.377 e. The van der Waals surface area contributed by atoms with Crippen molar-refractivity contribution in [2.75, 3.05) is 46.7 Å². The van der Waals surface area contributed by atoms with Crippen LogP contribution in [0.1, 0.15) is 11.1 Å². The Bertz CT molecular complexity index is 1420. The molecule has 4 heterocycles. The molecule has 0 N–H and O–H groups in total. The van der Waals surface area contributed by atoms with E-state index in [0.29, 0.717) is 63.9 Å². The summed E-state index contributed by atoms with van der Waals surface area (Å²) >= 11 is 0. The largest absolute Gasteiger partial charge is 0.377 e. The third kappa shape index (κ3) is 4.17. The molecule has 2 amide bonds. The first-order chi connectivity index (χ1) is 18.1. The summed E-state index contributed by atoms with van der Waals surface area (Å²) in [6.07, 6.45) is 3.96. The number of nitrogens with zero attached hydrogens (tertiary/aromatic N) is 3. The molecule has 2 aromatic heterocycles. The Morgan fingerprint density at radius 2 is 1.00 bits per heavy atom. The van der Waals surface area contributed by atoms with E-state index in [9.17, 15) is 9.59 Å². The van der Waals surface area contributed by atoms with E-state index in [1.165, 1.54) is 4.90 Å². The molecule has 0 atom stereocenters. The first kappa shape index (κ1) is 23.7. The number of rotatable bonds is 0. The topological polar surface area (TPSA) is 74.9 Å². The predicted molar refractivity (Wildman–Crippen MR) is 141 cm³/mol. The summed E-state index contributed by atoms with van der Waals surface area (Å²) in [6.45, 7) is 4.24. The Kier molecular flexibility index (Phi) is 6.38. The molecule has 4 bridgehead atoms. The van der Waals surface area contributed by atoms with E-state index < -0.39 is 0 Å². The monoisotopic (exact) mass is 499 g/mol. The smallest absolute Gasteiger partial charge is 0.261 e. The maximum atomic E-state index is 13.6. The molecular weight excluding hydrogens is 470 g/mol. The highest BCUT2D eigenvalue weighted by Crippen LogP contribution is 2.41. The Morgan fingerprint density at radius 1 is 0.595 bits per heavy atom. The highest BCUT2D eigenvalue weighted by molar-refractivity contribution is 6.50. The van der Waals surface area contributed by atoms with Crippen molar-refractivity contribution in [1.29, 1.82) is 0 Å². The third-order valence-corrected chi connectivity index (χ3v) is 7.10. The van der Waals surface area contributed by atoms with E-state index in [1.54, 1.807) is 7.05 Å². The van der Waals surface area contributed by atoms with Crippen molar-refractivity contribution in [2.24, 2.45) is 0 Å². The number of fused-ring (bicyclic) bond motifs is 12. The molecule has 2 aliphatic heterocycles. The zero-order chi connectivity index (χ0) is 25.4. The normalized spacial score (nSPS) is 18.2. The van der Waals surface area contributed by atoms with Crippen LogP contribution in [0.2, 0.25) is 0 Å². The van der Waals surface area contributed by atoms with Gasteiger partial charge in [-0.2, -0.15) is 0 Å². The number of hydrogen-bond donors (Lipinski definition) is 0. The maximum absolute atomic E-state index is 13.6. The van der Waals surface area contributed by atoms with E-state index in [4.69, 9.17) is 14.2 Å². The van der Waals surface area contributed by atoms with Gasteiger partial charge in [-0.25, -0.2) is 0 Å². The van der Waals surface area contributed by atoms with E-state index in [2.05, 4.69) is 9.13 Å². The fourth-order valence-corrected chi connectivity index (χ4v) is 5.27. The molecule has 8 heteroatoms. The van der Waals surface area contributed by atoms with E-state index in [1.807, 2.05) is 60.9 Å². The van der Waals surface area contributed by atoms with Gasteiger partial charge in [0.2, 0.25) is 0 Å². The molecule has 2 aromatic carbocycles. The molecule has 0 saturated heterocycles. The molecule has 0 radical (unpaired) electrons.